The van der Waals surface area contributed by atoms with Crippen molar-refractivity contribution in [2.45, 2.75) is 26.3 Å². The third-order valence-electron chi connectivity index (χ3n) is 4.93. The smallest absolute Gasteiger partial charge is 0.334 e. The van der Waals surface area contributed by atoms with Gasteiger partial charge in [-0.15, -0.1) is 0 Å². The van der Waals surface area contributed by atoms with Crippen molar-refractivity contribution < 1.29 is 39.5 Å². The van der Waals surface area contributed by atoms with Crippen LogP contribution in [0.25, 0.3) is 6.08 Å². The second-order valence-electron chi connectivity index (χ2n) is 7.19. The minimum atomic E-state index is -1.45. The van der Waals surface area contributed by atoms with Gasteiger partial charge in [-0.25, -0.2) is 19.4 Å². The van der Waals surface area contributed by atoms with E-state index in [9.17, 15) is 33.9 Å². The van der Waals surface area contributed by atoms with Crippen LogP contribution in [0.5, 0.6) is 5.88 Å². The summed E-state index contributed by atoms with van der Waals surface area (Å²) in [5, 5.41) is 27.7. The Morgan fingerprint density at radius 2 is 1.71 bits per heavy atom. The van der Waals surface area contributed by atoms with Crippen molar-refractivity contribution in [2.75, 3.05) is 19.7 Å². The molecular formula is C20H24N4O10. The number of carbonyl (C=O) groups is 4. The molecule has 1 aliphatic rings. The molecule has 34 heavy (non-hydrogen) atoms. The predicted molar refractivity (Wildman–Crippen MR) is 115 cm³/mol. The summed E-state index contributed by atoms with van der Waals surface area (Å²) in [5.74, 6) is -4.21. The van der Waals surface area contributed by atoms with Crippen molar-refractivity contribution >= 4 is 29.9 Å². The Morgan fingerprint density at radius 1 is 1.06 bits per heavy atom. The van der Waals surface area contributed by atoms with E-state index in [0.717, 1.165) is 27.7 Å². The molecule has 1 fully saturated rings. The molecular weight excluding hydrogens is 456 g/mol. The van der Waals surface area contributed by atoms with Crippen LogP contribution in [0.15, 0.2) is 27.3 Å². The van der Waals surface area contributed by atoms with E-state index in [-0.39, 0.29) is 25.3 Å². The van der Waals surface area contributed by atoms with Gasteiger partial charge in [0, 0.05) is 13.6 Å². The lowest BCUT2D eigenvalue weighted by Gasteiger charge is -2.32. The first kappa shape index (κ1) is 26.2. The highest BCUT2D eigenvalue weighted by Gasteiger charge is 2.42. The van der Waals surface area contributed by atoms with Gasteiger partial charge in [-0.2, -0.15) is 0 Å². The molecule has 4 amide bonds. The van der Waals surface area contributed by atoms with Crippen LogP contribution < -0.4 is 11.2 Å². The highest BCUT2D eigenvalue weighted by molar-refractivity contribution is 6.29. The fourth-order valence-electron chi connectivity index (χ4n) is 3.13. The van der Waals surface area contributed by atoms with Crippen LogP contribution in [0.2, 0.25) is 0 Å². The number of nitrogens with zero attached hydrogens (tertiary/aromatic N) is 4. The van der Waals surface area contributed by atoms with Crippen LogP contribution >= 0.6 is 0 Å². The summed E-state index contributed by atoms with van der Waals surface area (Å²) in [6.45, 7) is 0.139. The molecule has 2 heterocycles. The van der Waals surface area contributed by atoms with E-state index in [0.29, 0.717) is 22.3 Å². The summed E-state index contributed by atoms with van der Waals surface area (Å²) >= 11 is 0. The normalized spacial score (nSPS) is 15.7. The number of carboxylic acid groups (broad SMARTS) is 1. The van der Waals surface area contributed by atoms with Crippen LogP contribution in [0.4, 0.5) is 4.79 Å². The zero-order valence-electron chi connectivity index (χ0n) is 18.5. The second-order valence-corrected chi connectivity index (χ2v) is 7.19. The SMILES string of the molecule is CCCCN1C(=O)C(=CC=Cc2c(O)n(C)c(=O)n(CCOO)c2=O)C(=O)N(CC(=O)O)C1=O. The highest BCUT2D eigenvalue weighted by Crippen LogP contribution is 2.19. The number of unbranched alkanes of at least 4 members (excludes halogenated alkanes) is 1. The fraction of sp³-hybridized carbons (Fsp3) is 0.400. The first-order valence-electron chi connectivity index (χ1n) is 10.1. The highest BCUT2D eigenvalue weighted by atomic mass is 17.1. The third kappa shape index (κ3) is 5.29. The third-order valence-corrected chi connectivity index (χ3v) is 4.93. The Balaban J connectivity index is 2.51. The maximum absolute atomic E-state index is 12.7. The topological polar surface area (TPSA) is 189 Å². The van der Waals surface area contributed by atoms with E-state index in [1.54, 1.807) is 0 Å². The van der Waals surface area contributed by atoms with E-state index < -0.39 is 53.1 Å². The van der Waals surface area contributed by atoms with Gasteiger partial charge in [-0.1, -0.05) is 19.4 Å². The molecule has 0 aliphatic carbocycles. The van der Waals surface area contributed by atoms with Crippen molar-refractivity contribution in [3.05, 3.63) is 44.1 Å². The number of imide groups is 2. The summed E-state index contributed by atoms with van der Waals surface area (Å²) in [4.78, 5) is 78.8. The number of amides is 4. The second kappa shape index (κ2) is 11.2. The number of barbiturate groups is 1. The van der Waals surface area contributed by atoms with Crippen LogP contribution in [0.3, 0.4) is 0 Å². The number of allylic oxidation sites excluding steroid dienone is 2. The fourth-order valence-corrected chi connectivity index (χ4v) is 3.13. The molecule has 1 saturated heterocycles. The number of aromatic hydroxyl groups is 1. The van der Waals surface area contributed by atoms with Crippen molar-refractivity contribution in [1.82, 2.24) is 18.9 Å². The summed E-state index contributed by atoms with van der Waals surface area (Å²) in [5.41, 5.74) is -2.69. The maximum atomic E-state index is 12.7. The van der Waals surface area contributed by atoms with E-state index in [1.807, 2.05) is 6.92 Å². The molecule has 14 heteroatoms. The van der Waals surface area contributed by atoms with E-state index in [2.05, 4.69) is 4.89 Å². The quantitative estimate of drug-likeness (QED) is 0.168. The molecule has 0 radical (unpaired) electrons. The Hall–Kier alpha value is -4.04. The van der Waals surface area contributed by atoms with Crippen molar-refractivity contribution in [3.63, 3.8) is 0 Å². The number of aliphatic carboxylic acids is 1. The summed E-state index contributed by atoms with van der Waals surface area (Å²) < 4.78 is 1.46. The first-order chi connectivity index (χ1) is 16.1. The molecule has 14 nitrogen and oxygen atoms in total. The van der Waals surface area contributed by atoms with E-state index in [4.69, 9.17) is 10.4 Å². The zero-order valence-corrected chi connectivity index (χ0v) is 18.5. The number of rotatable bonds is 10. The molecule has 0 atom stereocenters. The van der Waals surface area contributed by atoms with Gasteiger partial charge in [0.15, 0.2) is 0 Å². The Labute approximate surface area is 192 Å². The van der Waals surface area contributed by atoms with Gasteiger partial charge >= 0.3 is 17.7 Å². The van der Waals surface area contributed by atoms with Crippen LogP contribution in [-0.2, 0) is 32.9 Å². The van der Waals surface area contributed by atoms with Crippen LogP contribution in [0, 0.1) is 0 Å². The lowest BCUT2D eigenvalue weighted by atomic mass is 10.1. The molecule has 0 saturated carbocycles. The number of aromatic nitrogens is 2. The Bertz CT molecular complexity index is 1180. The molecule has 1 aromatic rings. The number of carboxylic acids is 1. The molecule has 0 aromatic carbocycles. The van der Waals surface area contributed by atoms with Crippen LogP contribution in [-0.4, -0.2) is 77.9 Å². The molecule has 3 N–H and O–H groups in total. The predicted octanol–water partition coefficient (Wildman–Crippen LogP) is -0.643. The van der Waals surface area contributed by atoms with Gasteiger partial charge in [-0.3, -0.25) is 38.5 Å². The van der Waals surface area contributed by atoms with Gasteiger partial charge in [0.25, 0.3) is 17.4 Å². The molecule has 2 rings (SSSR count). The maximum Gasteiger partial charge on any atom is 0.334 e. The van der Waals surface area contributed by atoms with Gasteiger partial charge < -0.3 is 10.2 Å². The summed E-state index contributed by atoms with van der Waals surface area (Å²) in [6.07, 6.45) is 4.15. The van der Waals surface area contributed by atoms with Crippen molar-refractivity contribution in [2.24, 2.45) is 7.05 Å². The van der Waals surface area contributed by atoms with Gasteiger partial charge in [0.2, 0.25) is 5.88 Å². The summed E-state index contributed by atoms with van der Waals surface area (Å²) in [7, 11) is 1.19. The first-order valence-corrected chi connectivity index (χ1v) is 10.1. The number of hydrogen-bond acceptors (Lipinski definition) is 9. The van der Waals surface area contributed by atoms with Crippen molar-refractivity contribution in [1.29, 1.82) is 0 Å². The van der Waals surface area contributed by atoms with Gasteiger partial charge in [0.1, 0.15) is 24.3 Å². The average molecular weight is 480 g/mol. The number of hydrogen-bond donors (Lipinski definition) is 3. The van der Waals surface area contributed by atoms with E-state index in [1.165, 1.54) is 7.05 Å². The molecule has 0 unspecified atom stereocenters. The molecule has 0 spiro atoms. The monoisotopic (exact) mass is 480 g/mol. The largest absolute Gasteiger partial charge is 0.494 e. The molecule has 184 valence electrons. The lowest BCUT2D eigenvalue weighted by Crippen LogP contribution is -2.57. The Morgan fingerprint density at radius 3 is 2.29 bits per heavy atom. The molecule has 1 aromatic heterocycles. The minimum Gasteiger partial charge on any atom is -0.494 e. The van der Waals surface area contributed by atoms with Gasteiger partial charge in [-0.05, 0) is 18.6 Å². The summed E-state index contributed by atoms with van der Waals surface area (Å²) in [6, 6.07) is -1.04. The minimum absolute atomic E-state index is 0.0299. The van der Waals surface area contributed by atoms with Crippen molar-refractivity contribution in [3.8, 4) is 5.88 Å². The number of carbonyl (C=O) groups excluding carboxylic acids is 3. The molecule has 0 bridgehead atoms. The zero-order chi connectivity index (χ0) is 25.6. The Kier molecular flexibility index (Phi) is 8.64. The average Bonchev–Trinajstić information content (AvgIpc) is 2.79. The van der Waals surface area contributed by atoms with Crippen LogP contribution in [0.1, 0.15) is 25.3 Å². The standard InChI is InChI=1S/C20H24N4O10/c1-3-4-8-22-17(29)13(18(30)24(20(22)32)11-14(25)26)7-5-6-12-15(27)21(2)19(31)23(16(12)28)9-10-34-33/h5-7,27,33H,3-4,8-11H2,1-2H3,(H,25,26). The lowest BCUT2D eigenvalue weighted by molar-refractivity contribution is -0.244. The van der Waals surface area contributed by atoms with E-state index >= 15 is 0 Å². The van der Waals surface area contributed by atoms with Gasteiger partial charge in [0.05, 0.1) is 6.54 Å². The molecule has 1 aliphatic heterocycles. The number of urea groups is 1.